The van der Waals surface area contributed by atoms with Gasteiger partial charge in [-0.1, -0.05) is 79.4 Å². The normalized spacial score (nSPS) is 29.3. The largest absolute Gasteiger partial charge is 0.359 e. The van der Waals surface area contributed by atoms with Crippen molar-refractivity contribution in [1.29, 1.82) is 0 Å². The molecule has 47 heavy (non-hydrogen) atoms. The fourth-order valence-corrected chi connectivity index (χ4v) is 8.59. The Balaban J connectivity index is 1.04. The molecule has 5 aliphatic rings. The van der Waals surface area contributed by atoms with Crippen molar-refractivity contribution in [3.8, 4) is 0 Å². The molecule has 3 saturated heterocycles. The highest BCUT2D eigenvalue weighted by Crippen LogP contribution is 2.55. The van der Waals surface area contributed by atoms with Gasteiger partial charge < -0.3 is 25.2 Å². The first-order chi connectivity index (χ1) is 22.8. The van der Waals surface area contributed by atoms with Crippen LogP contribution in [0, 0.1) is 18.8 Å². The predicted octanol–water partition coefficient (Wildman–Crippen LogP) is 4.39. The first-order valence-electron chi connectivity index (χ1n) is 17.4. The number of nitrogens with one attached hydrogen (secondary N) is 2. The van der Waals surface area contributed by atoms with Crippen molar-refractivity contribution in [1.82, 2.24) is 20.0 Å². The Hall–Kier alpha value is -3.24. The molecule has 4 fully saturated rings. The van der Waals surface area contributed by atoms with Gasteiger partial charge in [-0.3, -0.25) is 19.3 Å². The molecule has 2 N–H and O–H groups in total. The number of piperazine rings is 1. The highest BCUT2D eigenvalue weighted by atomic mass is 35.5. The number of carbonyl (C=O) groups excluding carboxylic acids is 3. The van der Waals surface area contributed by atoms with Crippen molar-refractivity contribution >= 4 is 35.0 Å². The van der Waals surface area contributed by atoms with Crippen molar-refractivity contribution in [3.63, 3.8) is 0 Å². The van der Waals surface area contributed by atoms with Crippen LogP contribution in [-0.2, 0) is 25.7 Å². The molecule has 5 unspecified atom stereocenters. The van der Waals surface area contributed by atoms with Gasteiger partial charge in [0.05, 0.1) is 17.9 Å². The minimum atomic E-state index is -1.16. The van der Waals surface area contributed by atoms with Crippen molar-refractivity contribution in [2.75, 3.05) is 44.6 Å². The average Bonchev–Trinajstić information content (AvgIpc) is 3.72. The van der Waals surface area contributed by atoms with E-state index in [9.17, 15) is 14.4 Å². The lowest BCUT2D eigenvalue weighted by Crippen LogP contribution is -2.56. The van der Waals surface area contributed by atoms with Crippen LogP contribution in [-0.4, -0.2) is 95.5 Å². The second-order valence-electron chi connectivity index (χ2n) is 14.0. The molecule has 2 aromatic carbocycles. The van der Waals surface area contributed by atoms with E-state index < -0.39 is 29.6 Å². The van der Waals surface area contributed by atoms with Crippen LogP contribution < -0.4 is 10.6 Å². The summed E-state index contributed by atoms with van der Waals surface area (Å²) in [5.74, 6) is -2.13. The van der Waals surface area contributed by atoms with E-state index in [1.165, 1.54) is 12.0 Å². The lowest BCUT2D eigenvalue weighted by atomic mass is 9.74. The van der Waals surface area contributed by atoms with E-state index in [0.717, 1.165) is 76.9 Å². The molecule has 2 bridgehead atoms. The molecular weight excluding hydrogens is 614 g/mol. The Morgan fingerprint density at radius 3 is 2.45 bits per heavy atom. The maximum atomic E-state index is 14.4. The van der Waals surface area contributed by atoms with E-state index in [0.29, 0.717) is 17.3 Å². The monoisotopic (exact) mass is 659 g/mol. The van der Waals surface area contributed by atoms with E-state index >= 15 is 0 Å². The smallest absolute Gasteiger partial charge is 0.246 e. The van der Waals surface area contributed by atoms with Gasteiger partial charge in [-0.15, -0.1) is 0 Å². The molecule has 250 valence electrons. The number of rotatable bonds is 10. The molecule has 3 amide bonds. The Labute approximate surface area is 282 Å². The summed E-state index contributed by atoms with van der Waals surface area (Å²) in [5, 5.41) is 6.82. The first kappa shape index (κ1) is 32.3. The Bertz CT molecular complexity index is 1510. The summed E-state index contributed by atoms with van der Waals surface area (Å²) >= 11 is 6.33. The quantitative estimate of drug-likeness (QED) is 0.368. The molecule has 1 aliphatic carbocycles. The van der Waals surface area contributed by atoms with Gasteiger partial charge in [0.25, 0.3) is 0 Å². The Kier molecular flexibility index (Phi) is 9.42. The van der Waals surface area contributed by atoms with E-state index in [-0.39, 0.29) is 23.8 Å². The standard InChI is InChI=1S/C37H46ClN5O4/c1-25-13-14-28(23-29(25)38)40-34(44)31-30-15-16-37(47-30)32(31)36(46)43(33(37)35(45)39-27-11-6-3-7-12-27)18-8-17-41-19-21-42(22-20-41)24-26-9-4-2-5-10-26/h2,4-5,9-10,13-16,23,27,30-33H,3,6-8,11-12,17-22,24H2,1H3,(H,39,45)(H,40,44). The van der Waals surface area contributed by atoms with Gasteiger partial charge >= 0.3 is 0 Å². The van der Waals surface area contributed by atoms with E-state index in [1.54, 1.807) is 11.0 Å². The number of ether oxygens (including phenoxy) is 1. The summed E-state index contributed by atoms with van der Waals surface area (Å²) in [4.78, 5) is 48.9. The van der Waals surface area contributed by atoms with Gasteiger partial charge in [0.15, 0.2) is 0 Å². The summed E-state index contributed by atoms with van der Waals surface area (Å²) < 4.78 is 6.54. The molecule has 1 spiro atoms. The second kappa shape index (κ2) is 13.7. The Morgan fingerprint density at radius 1 is 0.957 bits per heavy atom. The third kappa shape index (κ3) is 6.47. The molecule has 0 radical (unpaired) electrons. The number of hydrogen-bond donors (Lipinski definition) is 2. The molecule has 5 atom stereocenters. The lowest BCUT2D eigenvalue weighted by Gasteiger charge is -2.36. The highest BCUT2D eigenvalue weighted by Gasteiger charge is 2.72. The Morgan fingerprint density at radius 2 is 1.70 bits per heavy atom. The minimum Gasteiger partial charge on any atom is -0.359 e. The fourth-order valence-electron chi connectivity index (χ4n) is 8.41. The number of aryl methyl sites for hydroxylation is 1. The number of likely N-dealkylation sites (tertiary alicyclic amines) is 1. The number of halogens is 1. The molecule has 4 heterocycles. The zero-order valence-electron chi connectivity index (χ0n) is 27.2. The van der Waals surface area contributed by atoms with Gasteiger partial charge in [0, 0.05) is 56.0 Å². The third-order valence-corrected chi connectivity index (χ3v) is 11.3. The van der Waals surface area contributed by atoms with Gasteiger partial charge in [-0.05, 0) is 56.0 Å². The molecule has 2 aromatic rings. The van der Waals surface area contributed by atoms with Crippen molar-refractivity contribution < 1.29 is 19.1 Å². The summed E-state index contributed by atoms with van der Waals surface area (Å²) in [6.45, 7) is 8.08. The van der Waals surface area contributed by atoms with E-state index in [2.05, 4.69) is 44.7 Å². The number of nitrogens with zero attached hydrogens (tertiary/aromatic N) is 3. The van der Waals surface area contributed by atoms with Crippen LogP contribution in [0.3, 0.4) is 0 Å². The third-order valence-electron chi connectivity index (χ3n) is 10.9. The second-order valence-corrected chi connectivity index (χ2v) is 14.4. The summed E-state index contributed by atoms with van der Waals surface area (Å²) in [6.07, 6.45) is 9.20. The average molecular weight is 660 g/mol. The van der Waals surface area contributed by atoms with Crippen LogP contribution in [0.1, 0.15) is 49.7 Å². The van der Waals surface area contributed by atoms with Crippen LogP contribution in [0.15, 0.2) is 60.7 Å². The fraction of sp³-hybridized carbons (Fsp3) is 0.541. The minimum absolute atomic E-state index is 0.101. The van der Waals surface area contributed by atoms with E-state index in [4.69, 9.17) is 16.3 Å². The molecule has 0 aromatic heterocycles. The first-order valence-corrected chi connectivity index (χ1v) is 17.7. The van der Waals surface area contributed by atoms with Gasteiger partial charge in [-0.2, -0.15) is 0 Å². The topological polar surface area (TPSA) is 94.2 Å². The predicted molar refractivity (Wildman–Crippen MR) is 182 cm³/mol. The SMILES string of the molecule is Cc1ccc(NC(=O)C2C3C=CC4(O3)C2C(=O)N(CCCN2CCN(Cc3ccccc3)CC2)C4C(=O)NC2CCCCC2)cc1Cl. The van der Waals surface area contributed by atoms with Gasteiger partial charge in [-0.25, -0.2) is 0 Å². The van der Waals surface area contributed by atoms with Crippen LogP contribution in [0.5, 0.6) is 0 Å². The number of anilines is 1. The van der Waals surface area contributed by atoms with Crippen LogP contribution in [0.4, 0.5) is 5.69 Å². The molecule has 9 nitrogen and oxygen atoms in total. The maximum absolute atomic E-state index is 14.4. The number of benzene rings is 2. The molecule has 10 heteroatoms. The summed E-state index contributed by atoms with van der Waals surface area (Å²) in [5.41, 5.74) is 1.66. The molecular formula is C37H46ClN5O4. The van der Waals surface area contributed by atoms with Crippen LogP contribution in [0.2, 0.25) is 5.02 Å². The zero-order valence-corrected chi connectivity index (χ0v) is 28.0. The van der Waals surface area contributed by atoms with Crippen LogP contribution in [0.25, 0.3) is 0 Å². The van der Waals surface area contributed by atoms with Crippen LogP contribution >= 0.6 is 11.6 Å². The highest BCUT2D eigenvalue weighted by molar-refractivity contribution is 6.31. The maximum Gasteiger partial charge on any atom is 0.246 e. The van der Waals surface area contributed by atoms with E-state index in [1.807, 2.05) is 37.3 Å². The van der Waals surface area contributed by atoms with Crippen molar-refractivity contribution in [2.45, 2.75) is 75.8 Å². The summed E-state index contributed by atoms with van der Waals surface area (Å²) in [6, 6.07) is 15.2. The molecule has 4 aliphatic heterocycles. The molecule has 7 rings (SSSR count). The van der Waals surface area contributed by atoms with Crippen molar-refractivity contribution in [2.24, 2.45) is 11.8 Å². The number of amides is 3. The zero-order chi connectivity index (χ0) is 32.5. The number of carbonyl (C=O) groups is 3. The molecule has 1 saturated carbocycles. The number of hydrogen-bond acceptors (Lipinski definition) is 6. The lowest BCUT2D eigenvalue weighted by molar-refractivity contribution is -0.141. The van der Waals surface area contributed by atoms with Gasteiger partial charge in [0.1, 0.15) is 11.6 Å². The summed E-state index contributed by atoms with van der Waals surface area (Å²) in [7, 11) is 0. The van der Waals surface area contributed by atoms with Gasteiger partial charge in [0.2, 0.25) is 17.7 Å². The van der Waals surface area contributed by atoms with Crippen molar-refractivity contribution in [3.05, 3.63) is 76.8 Å². The number of fused-ring (bicyclic) bond motifs is 1.